The Morgan fingerprint density at radius 3 is 2.88 bits per heavy atom. The lowest BCUT2D eigenvalue weighted by molar-refractivity contribution is 0.0996. The molecule has 3 aromatic rings. The molecule has 0 aliphatic heterocycles. The van der Waals surface area contributed by atoms with Gasteiger partial charge in [-0.05, 0) is 43.3 Å². The Bertz CT molecular complexity index is 908. The highest BCUT2D eigenvalue weighted by atomic mass is 19.1. The molecule has 7 heteroatoms. The second-order valence-electron chi connectivity index (χ2n) is 5.48. The van der Waals surface area contributed by atoms with E-state index < -0.39 is 0 Å². The van der Waals surface area contributed by atoms with Gasteiger partial charge in [0.15, 0.2) is 5.76 Å². The number of halogens is 1. The van der Waals surface area contributed by atoms with E-state index in [9.17, 15) is 9.18 Å². The molecule has 4 N–H and O–H groups in total. The Labute approximate surface area is 143 Å². The first-order valence-corrected chi connectivity index (χ1v) is 7.63. The number of aryl methyl sites for hydroxylation is 1. The van der Waals surface area contributed by atoms with Crippen LogP contribution in [0.1, 0.15) is 21.7 Å². The predicted molar refractivity (Wildman–Crippen MR) is 93.8 cm³/mol. The fraction of sp³-hybridized carbons (Fsp3) is 0.111. The molecule has 0 unspecified atom stereocenters. The first-order valence-electron chi connectivity index (χ1n) is 7.63. The lowest BCUT2D eigenvalue weighted by atomic mass is 10.1. The van der Waals surface area contributed by atoms with Crippen LogP contribution in [0.2, 0.25) is 0 Å². The number of hydrogen-bond acceptors (Lipinski definition) is 5. The minimum atomic E-state index is -0.387. The number of anilines is 3. The average molecular weight is 340 g/mol. The number of hydrogen-bond donors (Lipinski definition) is 3. The number of furan rings is 1. The standard InChI is InChI=1S/C18H17FN4O2/c1-11-6-8-25-16(11)18(24)23-13-4-5-14(19)12(9-13)10-22-15-3-2-7-21-17(15)20/h2-9,22H,10H2,1H3,(H2,20,21)(H,23,24). The quantitative estimate of drug-likeness (QED) is 0.660. The van der Waals surface area contributed by atoms with Gasteiger partial charge in [0.05, 0.1) is 12.0 Å². The smallest absolute Gasteiger partial charge is 0.291 e. The Morgan fingerprint density at radius 1 is 1.32 bits per heavy atom. The van der Waals surface area contributed by atoms with Gasteiger partial charge in [-0.2, -0.15) is 0 Å². The monoisotopic (exact) mass is 340 g/mol. The molecule has 0 fully saturated rings. The van der Waals surface area contributed by atoms with Crippen molar-refractivity contribution in [1.82, 2.24) is 4.98 Å². The summed E-state index contributed by atoms with van der Waals surface area (Å²) in [7, 11) is 0. The SMILES string of the molecule is Cc1ccoc1C(=O)Nc1ccc(F)c(CNc2cccnc2N)c1. The third kappa shape index (κ3) is 3.77. The molecule has 2 aromatic heterocycles. The fourth-order valence-electron chi connectivity index (χ4n) is 2.34. The van der Waals surface area contributed by atoms with E-state index in [1.807, 2.05) is 0 Å². The summed E-state index contributed by atoms with van der Waals surface area (Å²) in [6, 6.07) is 9.54. The molecule has 3 rings (SSSR count). The zero-order valence-electron chi connectivity index (χ0n) is 13.5. The Balaban J connectivity index is 1.73. The number of nitrogens with two attached hydrogens (primary N) is 1. The van der Waals surface area contributed by atoms with Gasteiger partial charge in [0.25, 0.3) is 5.91 Å². The van der Waals surface area contributed by atoms with E-state index in [0.717, 1.165) is 5.56 Å². The van der Waals surface area contributed by atoms with Gasteiger partial charge in [0.1, 0.15) is 11.6 Å². The van der Waals surface area contributed by atoms with Crippen molar-refractivity contribution >= 4 is 23.1 Å². The Hall–Kier alpha value is -3.35. The zero-order chi connectivity index (χ0) is 17.8. The van der Waals surface area contributed by atoms with Crippen LogP contribution in [-0.2, 0) is 6.54 Å². The van der Waals surface area contributed by atoms with E-state index in [-0.39, 0.29) is 24.0 Å². The largest absolute Gasteiger partial charge is 0.459 e. The van der Waals surface area contributed by atoms with Crippen molar-refractivity contribution in [2.24, 2.45) is 0 Å². The molecule has 0 spiro atoms. The van der Waals surface area contributed by atoms with Gasteiger partial charge in [-0.25, -0.2) is 9.37 Å². The van der Waals surface area contributed by atoms with Crippen molar-refractivity contribution in [3.8, 4) is 0 Å². The first-order chi connectivity index (χ1) is 12.0. The maximum atomic E-state index is 14.0. The summed E-state index contributed by atoms with van der Waals surface area (Å²) in [4.78, 5) is 16.1. The number of pyridine rings is 1. The van der Waals surface area contributed by atoms with E-state index in [1.54, 1.807) is 37.4 Å². The summed E-state index contributed by atoms with van der Waals surface area (Å²) < 4.78 is 19.2. The number of benzene rings is 1. The van der Waals surface area contributed by atoms with Crippen LogP contribution >= 0.6 is 0 Å². The number of amides is 1. The van der Waals surface area contributed by atoms with Crippen LogP contribution in [0.3, 0.4) is 0 Å². The molecular formula is C18H17FN4O2. The van der Waals surface area contributed by atoms with Crippen molar-refractivity contribution in [2.75, 3.05) is 16.4 Å². The van der Waals surface area contributed by atoms with Crippen LogP contribution in [0, 0.1) is 12.7 Å². The maximum absolute atomic E-state index is 14.0. The van der Waals surface area contributed by atoms with Gasteiger partial charge in [0, 0.05) is 29.6 Å². The molecule has 25 heavy (non-hydrogen) atoms. The molecule has 1 amide bonds. The van der Waals surface area contributed by atoms with Crippen molar-refractivity contribution in [3.05, 3.63) is 71.6 Å². The van der Waals surface area contributed by atoms with Crippen LogP contribution in [0.4, 0.5) is 21.6 Å². The van der Waals surface area contributed by atoms with Crippen LogP contribution in [0.25, 0.3) is 0 Å². The molecule has 0 atom stereocenters. The van der Waals surface area contributed by atoms with Gasteiger partial charge >= 0.3 is 0 Å². The third-order valence-electron chi connectivity index (χ3n) is 3.68. The van der Waals surface area contributed by atoms with E-state index in [4.69, 9.17) is 10.2 Å². The zero-order valence-corrected chi connectivity index (χ0v) is 13.5. The molecule has 0 aliphatic carbocycles. The highest BCUT2D eigenvalue weighted by Gasteiger charge is 2.14. The van der Waals surface area contributed by atoms with Crippen molar-refractivity contribution < 1.29 is 13.6 Å². The number of nitrogens with one attached hydrogen (secondary N) is 2. The first kappa shape index (κ1) is 16.5. The molecule has 1 aromatic carbocycles. The molecule has 0 aliphatic rings. The van der Waals surface area contributed by atoms with E-state index in [1.165, 1.54) is 18.4 Å². The van der Waals surface area contributed by atoms with Crippen molar-refractivity contribution in [3.63, 3.8) is 0 Å². The lowest BCUT2D eigenvalue weighted by Crippen LogP contribution is -2.13. The van der Waals surface area contributed by atoms with Crippen LogP contribution in [0.5, 0.6) is 0 Å². The van der Waals surface area contributed by atoms with Crippen LogP contribution in [0.15, 0.2) is 53.3 Å². The second-order valence-corrected chi connectivity index (χ2v) is 5.48. The summed E-state index contributed by atoms with van der Waals surface area (Å²) in [5, 5.41) is 5.73. The average Bonchev–Trinajstić information content (AvgIpc) is 3.03. The fourth-order valence-corrected chi connectivity index (χ4v) is 2.34. The molecular weight excluding hydrogens is 323 g/mol. The van der Waals surface area contributed by atoms with Gasteiger partial charge < -0.3 is 20.8 Å². The van der Waals surface area contributed by atoms with E-state index in [2.05, 4.69) is 15.6 Å². The topological polar surface area (TPSA) is 93.2 Å². The second kappa shape index (κ2) is 7.04. The molecule has 6 nitrogen and oxygen atoms in total. The number of carbonyl (C=O) groups is 1. The molecule has 0 bridgehead atoms. The summed E-state index contributed by atoms with van der Waals surface area (Å²) in [5.41, 5.74) is 7.95. The Morgan fingerprint density at radius 2 is 2.16 bits per heavy atom. The van der Waals surface area contributed by atoms with E-state index in [0.29, 0.717) is 22.8 Å². The molecule has 0 saturated heterocycles. The van der Waals surface area contributed by atoms with Gasteiger partial charge in [-0.3, -0.25) is 4.79 Å². The molecule has 2 heterocycles. The van der Waals surface area contributed by atoms with Gasteiger partial charge in [-0.1, -0.05) is 0 Å². The van der Waals surface area contributed by atoms with Gasteiger partial charge in [0.2, 0.25) is 0 Å². The normalized spacial score (nSPS) is 10.5. The highest BCUT2D eigenvalue weighted by molar-refractivity contribution is 6.03. The van der Waals surface area contributed by atoms with Crippen molar-refractivity contribution in [1.29, 1.82) is 0 Å². The summed E-state index contributed by atoms with van der Waals surface area (Å²) in [6.07, 6.45) is 3.02. The maximum Gasteiger partial charge on any atom is 0.291 e. The predicted octanol–water partition coefficient (Wildman–Crippen LogP) is 3.57. The van der Waals surface area contributed by atoms with Gasteiger partial charge in [-0.15, -0.1) is 0 Å². The molecule has 128 valence electrons. The number of carbonyl (C=O) groups excluding carboxylic acids is 1. The summed E-state index contributed by atoms with van der Waals surface area (Å²) in [6.45, 7) is 1.97. The molecule has 0 saturated carbocycles. The third-order valence-corrected chi connectivity index (χ3v) is 3.68. The van der Waals surface area contributed by atoms with Crippen LogP contribution in [-0.4, -0.2) is 10.9 Å². The van der Waals surface area contributed by atoms with Crippen molar-refractivity contribution in [2.45, 2.75) is 13.5 Å². The minimum Gasteiger partial charge on any atom is -0.459 e. The number of rotatable bonds is 5. The Kier molecular flexibility index (Phi) is 4.65. The number of nitrogens with zero attached hydrogens (tertiary/aromatic N) is 1. The molecule has 0 radical (unpaired) electrons. The highest BCUT2D eigenvalue weighted by Crippen LogP contribution is 2.20. The summed E-state index contributed by atoms with van der Waals surface area (Å²) in [5.74, 6) is -0.209. The number of aromatic nitrogens is 1. The lowest BCUT2D eigenvalue weighted by Gasteiger charge is -2.11. The summed E-state index contributed by atoms with van der Waals surface area (Å²) >= 11 is 0. The van der Waals surface area contributed by atoms with Crippen LogP contribution < -0.4 is 16.4 Å². The minimum absolute atomic E-state index is 0.200. The number of nitrogen functional groups attached to an aromatic ring is 1. The van der Waals surface area contributed by atoms with E-state index >= 15 is 0 Å².